The summed E-state index contributed by atoms with van der Waals surface area (Å²) in [5.41, 5.74) is 3.57. The molecule has 1 heterocycles. The third-order valence-electron chi connectivity index (χ3n) is 4.98. The standard InChI is InChI=1S/C24H19F2N3O/c1-15-8-6-7-11-22(15)29-16(2)20(14-27-29)24(30)28-23-19(12-18(25)13-21(23)26)17-9-4-3-5-10-17/h3-14H,1-2H3,(H,28,30). The molecule has 0 aliphatic carbocycles. The van der Waals surface area contributed by atoms with Crippen LogP contribution in [-0.4, -0.2) is 15.7 Å². The minimum Gasteiger partial charge on any atom is -0.319 e. The van der Waals surface area contributed by atoms with E-state index in [1.54, 1.807) is 41.9 Å². The first-order valence-electron chi connectivity index (χ1n) is 9.42. The zero-order valence-corrected chi connectivity index (χ0v) is 16.5. The second-order valence-corrected chi connectivity index (χ2v) is 6.97. The van der Waals surface area contributed by atoms with Gasteiger partial charge in [-0.05, 0) is 37.1 Å². The molecule has 4 rings (SSSR count). The molecule has 0 atom stereocenters. The summed E-state index contributed by atoms with van der Waals surface area (Å²) in [6, 6.07) is 18.4. The van der Waals surface area contributed by atoms with Crippen molar-refractivity contribution in [1.82, 2.24) is 9.78 Å². The van der Waals surface area contributed by atoms with Crippen LogP contribution < -0.4 is 5.32 Å². The minimum atomic E-state index is -0.842. The second-order valence-electron chi connectivity index (χ2n) is 6.97. The van der Waals surface area contributed by atoms with Crippen LogP contribution in [0.2, 0.25) is 0 Å². The van der Waals surface area contributed by atoms with Gasteiger partial charge in [0.2, 0.25) is 0 Å². The van der Waals surface area contributed by atoms with Crippen molar-refractivity contribution in [2.75, 3.05) is 5.32 Å². The van der Waals surface area contributed by atoms with E-state index in [2.05, 4.69) is 10.4 Å². The summed E-state index contributed by atoms with van der Waals surface area (Å²) < 4.78 is 30.2. The molecule has 0 saturated heterocycles. The Balaban J connectivity index is 1.72. The first-order valence-corrected chi connectivity index (χ1v) is 9.42. The van der Waals surface area contributed by atoms with E-state index in [1.807, 2.05) is 31.2 Å². The Morgan fingerprint density at radius 2 is 1.67 bits per heavy atom. The van der Waals surface area contributed by atoms with Crippen molar-refractivity contribution in [1.29, 1.82) is 0 Å². The molecule has 1 N–H and O–H groups in total. The van der Waals surface area contributed by atoms with Gasteiger partial charge in [0, 0.05) is 11.6 Å². The molecule has 30 heavy (non-hydrogen) atoms. The summed E-state index contributed by atoms with van der Waals surface area (Å²) in [6.07, 6.45) is 1.45. The van der Waals surface area contributed by atoms with Crippen molar-refractivity contribution in [3.05, 3.63) is 101 Å². The third kappa shape index (κ3) is 3.59. The number of rotatable bonds is 4. The highest BCUT2D eigenvalue weighted by molar-refractivity contribution is 6.07. The lowest BCUT2D eigenvalue weighted by Gasteiger charge is -2.13. The molecule has 1 aromatic heterocycles. The fourth-order valence-electron chi connectivity index (χ4n) is 3.40. The van der Waals surface area contributed by atoms with Gasteiger partial charge in [0.15, 0.2) is 0 Å². The molecule has 0 bridgehead atoms. The van der Waals surface area contributed by atoms with E-state index in [-0.39, 0.29) is 11.3 Å². The maximum Gasteiger partial charge on any atom is 0.259 e. The van der Waals surface area contributed by atoms with E-state index in [0.717, 1.165) is 17.3 Å². The normalized spacial score (nSPS) is 10.8. The number of halogens is 2. The molecule has 0 saturated carbocycles. The quantitative estimate of drug-likeness (QED) is 0.476. The van der Waals surface area contributed by atoms with Crippen molar-refractivity contribution < 1.29 is 13.6 Å². The lowest BCUT2D eigenvalue weighted by Crippen LogP contribution is -2.15. The number of carbonyl (C=O) groups is 1. The third-order valence-corrected chi connectivity index (χ3v) is 4.98. The number of hydrogen-bond donors (Lipinski definition) is 1. The predicted molar refractivity (Wildman–Crippen MR) is 113 cm³/mol. The molecule has 4 aromatic rings. The van der Waals surface area contributed by atoms with E-state index in [4.69, 9.17) is 0 Å². The van der Waals surface area contributed by atoms with Gasteiger partial charge in [0.05, 0.1) is 28.8 Å². The second kappa shape index (κ2) is 7.91. The predicted octanol–water partition coefficient (Wildman–Crippen LogP) is 5.69. The molecule has 3 aromatic carbocycles. The van der Waals surface area contributed by atoms with Crippen LogP contribution in [0.4, 0.5) is 14.5 Å². The van der Waals surface area contributed by atoms with Gasteiger partial charge >= 0.3 is 0 Å². The average Bonchev–Trinajstić information content (AvgIpc) is 3.12. The van der Waals surface area contributed by atoms with Gasteiger partial charge in [-0.1, -0.05) is 48.5 Å². The molecule has 6 heteroatoms. The van der Waals surface area contributed by atoms with E-state index in [0.29, 0.717) is 16.8 Å². The number of carbonyl (C=O) groups excluding carboxylic acids is 1. The van der Waals surface area contributed by atoms with Gasteiger partial charge in [-0.15, -0.1) is 0 Å². The molecule has 0 spiro atoms. The molecular formula is C24H19F2N3O. The van der Waals surface area contributed by atoms with Gasteiger partial charge in [-0.2, -0.15) is 5.10 Å². The topological polar surface area (TPSA) is 46.9 Å². The van der Waals surface area contributed by atoms with E-state index >= 15 is 0 Å². The summed E-state index contributed by atoms with van der Waals surface area (Å²) in [5, 5.41) is 6.94. The van der Waals surface area contributed by atoms with Crippen LogP contribution in [0.25, 0.3) is 16.8 Å². The molecule has 0 aliphatic heterocycles. The lowest BCUT2D eigenvalue weighted by atomic mass is 10.0. The summed E-state index contributed by atoms with van der Waals surface area (Å²) in [7, 11) is 0. The van der Waals surface area contributed by atoms with Crippen LogP contribution in [0.5, 0.6) is 0 Å². The largest absolute Gasteiger partial charge is 0.319 e. The number of anilines is 1. The highest BCUT2D eigenvalue weighted by atomic mass is 19.1. The molecule has 0 fully saturated rings. The van der Waals surface area contributed by atoms with Crippen molar-refractivity contribution in [3.8, 4) is 16.8 Å². The monoisotopic (exact) mass is 403 g/mol. The van der Waals surface area contributed by atoms with Crippen LogP contribution in [0.15, 0.2) is 72.9 Å². The number of aromatic nitrogens is 2. The summed E-state index contributed by atoms with van der Waals surface area (Å²) in [4.78, 5) is 13.0. The number of amides is 1. The molecular weight excluding hydrogens is 384 g/mol. The van der Waals surface area contributed by atoms with Crippen LogP contribution in [0.3, 0.4) is 0 Å². The van der Waals surface area contributed by atoms with Crippen LogP contribution in [0.1, 0.15) is 21.6 Å². The highest BCUT2D eigenvalue weighted by Gasteiger charge is 2.20. The van der Waals surface area contributed by atoms with E-state index in [9.17, 15) is 13.6 Å². The minimum absolute atomic E-state index is 0.0735. The SMILES string of the molecule is Cc1ccccc1-n1ncc(C(=O)Nc2c(F)cc(F)cc2-c2ccccc2)c1C. The van der Waals surface area contributed by atoms with Gasteiger partial charge in [0.1, 0.15) is 11.6 Å². The highest BCUT2D eigenvalue weighted by Crippen LogP contribution is 2.32. The maximum absolute atomic E-state index is 14.6. The van der Waals surface area contributed by atoms with Crippen LogP contribution in [0, 0.1) is 25.5 Å². The molecule has 4 nitrogen and oxygen atoms in total. The fourth-order valence-corrected chi connectivity index (χ4v) is 3.40. The Labute approximate surface area is 172 Å². The first-order chi connectivity index (χ1) is 14.5. The Hall–Kier alpha value is -3.80. The number of aryl methyl sites for hydroxylation is 1. The molecule has 1 amide bonds. The smallest absolute Gasteiger partial charge is 0.259 e. The Kier molecular flexibility index (Phi) is 5.14. The van der Waals surface area contributed by atoms with Gasteiger partial charge in [0.25, 0.3) is 5.91 Å². The average molecular weight is 403 g/mol. The van der Waals surface area contributed by atoms with Gasteiger partial charge in [-0.3, -0.25) is 4.79 Å². The number of nitrogens with one attached hydrogen (secondary N) is 1. The number of hydrogen-bond acceptors (Lipinski definition) is 2. The lowest BCUT2D eigenvalue weighted by molar-refractivity contribution is 0.102. The summed E-state index contributed by atoms with van der Waals surface area (Å²) in [6.45, 7) is 3.73. The van der Waals surface area contributed by atoms with E-state index in [1.165, 1.54) is 12.3 Å². The van der Waals surface area contributed by atoms with Crippen molar-refractivity contribution in [3.63, 3.8) is 0 Å². The Bertz CT molecular complexity index is 1230. The van der Waals surface area contributed by atoms with Gasteiger partial charge < -0.3 is 5.32 Å². The molecule has 0 radical (unpaired) electrons. The molecule has 150 valence electrons. The maximum atomic E-state index is 14.6. The van der Waals surface area contributed by atoms with Crippen molar-refractivity contribution in [2.45, 2.75) is 13.8 Å². The van der Waals surface area contributed by atoms with E-state index < -0.39 is 17.5 Å². The number of para-hydroxylation sites is 1. The zero-order valence-electron chi connectivity index (χ0n) is 16.5. The Morgan fingerprint density at radius 1 is 0.967 bits per heavy atom. The first kappa shape index (κ1) is 19.5. The van der Waals surface area contributed by atoms with Crippen molar-refractivity contribution in [2.24, 2.45) is 0 Å². The number of nitrogens with zero attached hydrogens (tertiary/aromatic N) is 2. The van der Waals surface area contributed by atoms with Crippen molar-refractivity contribution >= 4 is 11.6 Å². The van der Waals surface area contributed by atoms with Crippen LogP contribution >= 0.6 is 0 Å². The zero-order chi connectivity index (χ0) is 21.3. The fraction of sp³-hybridized carbons (Fsp3) is 0.0833. The summed E-state index contributed by atoms with van der Waals surface area (Å²) in [5.74, 6) is -2.07. The summed E-state index contributed by atoms with van der Waals surface area (Å²) >= 11 is 0. The number of benzene rings is 3. The Morgan fingerprint density at radius 3 is 2.40 bits per heavy atom. The van der Waals surface area contributed by atoms with Gasteiger partial charge in [-0.25, -0.2) is 13.5 Å². The molecule has 0 unspecified atom stereocenters. The van der Waals surface area contributed by atoms with Crippen LogP contribution in [-0.2, 0) is 0 Å². The molecule has 0 aliphatic rings.